The first-order valence-corrected chi connectivity index (χ1v) is 6.92. The van der Waals surface area contributed by atoms with Crippen molar-refractivity contribution >= 4 is 11.9 Å². The lowest BCUT2D eigenvalue weighted by Crippen LogP contribution is -2.50. The Balaban J connectivity index is 2.44. The smallest absolute Gasteiger partial charge is 0.329 e. The molecule has 4 nitrogen and oxygen atoms in total. The Morgan fingerprint density at radius 2 is 2.00 bits per heavy atom. The van der Waals surface area contributed by atoms with E-state index in [0.717, 1.165) is 25.7 Å². The van der Waals surface area contributed by atoms with Crippen molar-refractivity contribution in [3.05, 3.63) is 0 Å². The van der Waals surface area contributed by atoms with Crippen molar-refractivity contribution in [2.45, 2.75) is 64.8 Å². The summed E-state index contributed by atoms with van der Waals surface area (Å²) in [6.07, 6.45) is 4.88. The fourth-order valence-corrected chi connectivity index (χ4v) is 2.55. The highest BCUT2D eigenvalue weighted by molar-refractivity contribution is 5.87. The van der Waals surface area contributed by atoms with Gasteiger partial charge in [0.05, 0.1) is 0 Å². The molecule has 1 atom stereocenters. The topological polar surface area (TPSA) is 57.6 Å². The van der Waals surface area contributed by atoms with Crippen LogP contribution in [-0.2, 0) is 9.59 Å². The molecule has 0 aromatic heterocycles. The molecule has 0 aliphatic carbocycles. The molecule has 1 unspecified atom stereocenters. The number of carboxylic acid groups (broad SMARTS) is 1. The van der Waals surface area contributed by atoms with Gasteiger partial charge in [-0.15, -0.1) is 0 Å². The molecule has 1 amide bonds. The quantitative estimate of drug-likeness (QED) is 0.742. The maximum atomic E-state index is 12.1. The summed E-state index contributed by atoms with van der Waals surface area (Å²) in [5.74, 6) is -0.215. The number of rotatable bonds is 6. The fraction of sp³-hybridized carbons (Fsp3) is 0.857. The predicted octanol–water partition coefficient (Wildman–Crippen LogP) is 2.67. The zero-order chi connectivity index (χ0) is 13.8. The fourth-order valence-electron chi connectivity index (χ4n) is 2.55. The Labute approximate surface area is 109 Å². The second-order valence-corrected chi connectivity index (χ2v) is 5.87. The van der Waals surface area contributed by atoms with Crippen LogP contribution in [-0.4, -0.2) is 34.0 Å². The summed E-state index contributed by atoms with van der Waals surface area (Å²) < 4.78 is 0. The molecule has 0 saturated carbocycles. The van der Waals surface area contributed by atoms with Crippen LogP contribution in [0.3, 0.4) is 0 Å². The monoisotopic (exact) mass is 255 g/mol. The number of likely N-dealkylation sites (tertiary alicyclic amines) is 1. The van der Waals surface area contributed by atoms with E-state index in [-0.39, 0.29) is 5.91 Å². The highest BCUT2D eigenvalue weighted by Crippen LogP contribution is 2.30. The third kappa shape index (κ3) is 3.47. The number of unbranched alkanes of at least 4 members (excludes halogenated alkanes) is 1. The molecule has 1 rings (SSSR count). The van der Waals surface area contributed by atoms with Gasteiger partial charge in [0.25, 0.3) is 0 Å². The molecule has 1 saturated heterocycles. The molecule has 0 aromatic rings. The molecule has 0 bridgehead atoms. The van der Waals surface area contributed by atoms with Gasteiger partial charge in [-0.2, -0.15) is 0 Å². The summed E-state index contributed by atoms with van der Waals surface area (Å²) in [7, 11) is 0. The Hall–Kier alpha value is -1.06. The van der Waals surface area contributed by atoms with Crippen LogP contribution in [0.5, 0.6) is 0 Å². The van der Waals surface area contributed by atoms with E-state index in [1.54, 1.807) is 11.8 Å². The molecule has 0 spiro atoms. The lowest BCUT2D eigenvalue weighted by Gasteiger charge is -2.31. The molecule has 1 aliphatic heterocycles. The minimum Gasteiger partial charge on any atom is -0.480 e. The van der Waals surface area contributed by atoms with E-state index >= 15 is 0 Å². The first kappa shape index (κ1) is 15.0. The largest absolute Gasteiger partial charge is 0.480 e. The molecule has 1 fully saturated rings. The van der Waals surface area contributed by atoms with E-state index in [2.05, 4.69) is 13.8 Å². The number of hydrogen-bond acceptors (Lipinski definition) is 2. The highest BCUT2D eigenvalue weighted by atomic mass is 16.4. The van der Waals surface area contributed by atoms with Crippen LogP contribution >= 0.6 is 0 Å². The molecule has 0 radical (unpaired) electrons. The van der Waals surface area contributed by atoms with Crippen LogP contribution in [0.15, 0.2) is 0 Å². The number of nitrogens with zero attached hydrogens (tertiary/aromatic N) is 1. The van der Waals surface area contributed by atoms with Crippen LogP contribution in [0.2, 0.25) is 0 Å². The Morgan fingerprint density at radius 1 is 1.33 bits per heavy atom. The van der Waals surface area contributed by atoms with E-state index in [1.165, 1.54) is 0 Å². The first-order chi connectivity index (χ1) is 8.38. The second kappa shape index (κ2) is 6.21. The molecule has 4 heteroatoms. The third-order valence-corrected chi connectivity index (χ3v) is 3.82. The minimum atomic E-state index is -0.977. The molecule has 1 heterocycles. The number of carbonyl (C=O) groups excluding carboxylic acids is 1. The molecule has 1 N–H and O–H groups in total. The minimum absolute atomic E-state index is 0.00107. The molecular formula is C14H25NO3. The van der Waals surface area contributed by atoms with E-state index in [9.17, 15) is 14.7 Å². The third-order valence-electron chi connectivity index (χ3n) is 3.82. The number of amides is 1. The number of hydrogen-bond donors (Lipinski definition) is 1. The summed E-state index contributed by atoms with van der Waals surface area (Å²) in [5, 5.41) is 9.24. The number of carboxylic acids is 1. The van der Waals surface area contributed by atoms with Gasteiger partial charge in [0, 0.05) is 13.0 Å². The van der Waals surface area contributed by atoms with E-state index in [4.69, 9.17) is 0 Å². The summed E-state index contributed by atoms with van der Waals surface area (Å²) in [4.78, 5) is 24.9. The van der Waals surface area contributed by atoms with E-state index in [1.807, 2.05) is 0 Å². The van der Waals surface area contributed by atoms with Crippen molar-refractivity contribution in [3.8, 4) is 0 Å². The van der Waals surface area contributed by atoms with Crippen molar-refractivity contribution in [2.24, 2.45) is 5.92 Å². The second-order valence-electron chi connectivity index (χ2n) is 5.87. The van der Waals surface area contributed by atoms with Gasteiger partial charge >= 0.3 is 5.97 Å². The van der Waals surface area contributed by atoms with Crippen molar-refractivity contribution in [2.75, 3.05) is 6.54 Å². The van der Waals surface area contributed by atoms with Gasteiger partial charge < -0.3 is 10.0 Å². The van der Waals surface area contributed by atoms with Crippen LogP contribution in [0, 0.1) is 5.92 Å². The standard InChI is InChI=1S/C14H25NO3/c1-11(2)7-4-5-8-12(16)15-10-6-9-14(15,3)13(17)18/h11H,4-10H2,1-3H3,(H,17,18). The van der Waals surface area contributed by atoms with Gasteiger partial charge in [-0.1, -0.05) is 26.7 Å². The van der Waals surface area contributed by atoms with E-state index in [0.29, 0.717) is 25.3 Å². The maximum absolute atomic E-state index is 12.1. The van der Waals surface area contributed by atoms with Crippen LogP contribution in [0.1, 0.15) is 59.3 Å². The van der Waals surface area contributed by atoms with Gasteiger partial charge in [-0.25, -0.2) is 4.79 Å². The Morgan fingerprint density at radius 3 is 2.56 bits per heavy atom. The molecule has 0 aromatic carbocycles. The summed E-state index contributed by atoms with van der Waals surface area (Å²) in [6.45, 7) is 6.59. The molecule has 104 valence electrons. The summed E-state index contributed by atoms with van der Waals surface area (Å²) >= 11 is 0. The SMILES string of the molecule is CC(C)CCCCC(=O)N1CCCC1(C)C(=O)O. The average molecular weight is 255 g/mol. The number of carbonyl (C=O) groups is 2. The van der Waals surface area contributed by atoms with Gasteiger partial charge in [0.1, 0.15) is 5.54 Å². The Kier molecular flexibility index (Phi) is 5.17. The van der Waals surface area contributed by atoms with Gasteiger partial charge in [0.15, 0.2) is 0 Å². The normalized spacial score (nSPS) is 23.7. The van der Waals surface area contributed by atoms with Gasteiger partial charge in [-0.3, -0.25) is 4.79 Å². The highest BCUT2D eigenvalue weighted by Gasteiger charge is 2.45. The van der Waals surface area contributed by atoms with Crippen molar-refractivity contribution in [1.29, 1.82) is 0 Å². The zero-order valence-electron chi connectivity index (χ0n) is 11.7. The van der Waals surface area contributed by atoms with E-state index < -0.39 is 11.5 Å². The molecule has 18 heavy (non-hydrogen) atoms. The van der Waals surface area contributed by atoms with Gasteiger partial charge in [-0.05, 0) is 32.1 Å². The van der Waals surface area contributed by atoms with Crippen LogP contribution in [0.4, 0.5) is 0 Å². The van der Waals surface area contributed by atoms with Gasteiger partial charge in [0.2, 0.25) is 5.91 Å². The average Bonchev–Trinajstić information content (AvgIpc) is 2.67. The Bertz CT molecular complexity index is 314. The van der Waals surface area contributed by atoms with Crippen LogP contribution < -0.4 is 0 Å². The predicted molar refractivity (Wildman–Crippen MR) is 70.3 cm³/mol. The molecule has 1 aliphatic rings. The lowest BCUT2D eigenvalue weighted by atomic mass is 9.98. The van der Waals surface area contributed by atoms with Crippen molar-refractivity contribution < 1.29 is 14.7 Å². The first-order valence-electron chi connectivity index (χ1n) is 6.92. The lowest BCUT2D eigenvalue weighted by molar-refractivity contribution is -0.155. The number of aliphatic carboxylic acids is 1. The molecular weight excluding hydrogens is 230 g/mol. The maximum Gasteiger partial charge on any atom is 0.329 e. The van der Waals surface area contributed by atoms with Crippen molar-refractivity contribution in [1.82, 2.24) is 4.90 Å². The summed E-state index contributed by atoms with van der Waals surface area (Å²) in [5.41, 5.74) is -0.977. The van der Waals surface area contributed by atoms with Crippen LogP contribution in [0.25, 0.3) is 0 Å². The zero-order valence-corrected chi connectivity index (χ0v) is 11.7. The van der Waals surface area contributed by atoms with Crippen molar-refractivity contribution in [3.63, 3.8) is 0 Å². The summed E-state index contributed by atoms with van der Waals surface area (Å²) in [6, 6.07) is 0.